The Balaban J connectivity index is 1.85. The average molecular weight is 399 g/mol. The van der Waals surface area contributed by atoms with Crippen LogP contribution in [-0.4, -0.2) is 15.6 Å². The summed E-state index contributed by atoms with van der Waals surface area (Å²) in [5.41, 5.74) is 2.63. The van der Waals surface area contributed by atoms with Crippen LogP contribution in [-0.2, 0) is 13.0 Å². The van der Waals surface area contributed by atoms with E-state index in [1.807, 2.05) is 31.2 Å². The molecule has 6 heteroatoms. The van der Waals surface area contributed by atoms with Gasteiger partial charge in [-0.15, -0.1) is 0 Å². The summed E-state index contributed by atoms with van der Waals surface area (Å²) in [6, 6.07) is 11.0. The van der Waals surface area contributed by atoms with E-state index >= 15 is 0 Å². The van der Waals surface area contributed by atoms with Crippen LogP contribution >= 0.6 is 15.9 Å². The van der Waals surface area contributed by atoms with Crippen molar-refractivity contribution in [3.05, 3.63) is 67.9 Å². The number of carbonyl (C=O) groups excluding carboxylic acids is 1. The summed E-state index contributed by atoms with van der Waals surface area (Å²) in [4.78, 5) is 25.5. The molecule has 4 rings (SSSR count). The van der Waals surface area contributed by atoms with Crippen LogP contribution in [0.3, 0.4) is 0 Å². The number of nitrogens with zero attached hydrogens (tertiary/aromatic N) is 1. The number of para-hydroxylation sites is 1. The Morgan fingerprint density at radius 2 is 2.08 bits per heavy atom. The number of nitrogens with one attached hydrogen (secondary N) is 1. The first kappa shape index (κ1) is 15.9. The number of hydrogen-bond donors (Lipinski definition) is 2. The quantitative estimate of drug-likeness (QED) is 0.692. The molecule has 2 heterocycles. The van der Waals surface area contributed by atoms with Gasteiger partial charge in [0.2, 0.25) is 0 Å². The highest BCUT2D eigenvalue weighted by atomic mass is 79.9. The molecule has 1 aromatic heterocycles. The summed E-state index contributed by atoms with van der Waals surface area (Å²) in [5.74, 6) is -0.879. The monoisotopic (exact) mass is 398 g/mol. The lowest BCUT2D eigenvalue weighted by Crippen LogP contribution is -2.28. The molecule has 1 aliphatic heterocycles. The van der Waals surface area contributed by atoms with Gasteiger partial charge in [-0.3, -0.25) is 9.59 Å². The summed E-state index contributed by atoms with van der Waals surface area (Å²) in [6.45, 7) is 2.46. The van der Waals surface area contributed by atoms with Crippen molar-refractivity contribution in [1.29, 1.82) is 0 Å². The van der Waals surface area contributed by atoms with Gasteiger partial charge in [-0.1, -0.05) is 18.2 Å². The second kappa shape index (κ2) is 5.74. The highest BCUT2D eigenvalue weighted by Crippen LogP contribution is 2.32. The minimum atomic E-state index is -0.616. The third kappa shape index (κ3) is 2.44. The molecule has 0 radical (unpaired) electrons. The summed E-state index contributed by atoms with van der Waals surface area (Å²) < 4.78 is 2.29. The third-order valence-electron chi connectivity index (χ3n) is 4.55. The van der Waals surface area contributed by atoms with Gasteiger partial charge in [-0.25, -0.2) is 0 Å². The molecule has 0 atom stereocenters. The van der Waals surface area contributed by atoms with Crippen LogP contribution in [0.1, 0.15) is 21.5 Å². The number of anilines is 1. The Bertz CT molecular complexity index is 1100. The van der Waals surface area contributed by atoms with Gasteiger partial charge in [0.05, 0.1) is 11.2 Å². The van der Waals surface area contributed by atoms with Gasteiger partial charge in [0, 0.05) is 16.4 Å². The molecule has 2 N–H and O–H groups in total. The molecule has 0 aliphatic carbocycles. The minimum absolute atomic E-state index is 0.223. The Morgan fingerprint density at radius 1 is 1.28 bits per heavy atom. The molecular formula is C19H15BrN2O3. The molecule has 0 saturated carbocycles. The lowest BCUT2D eigenvalue weighted by atomic mass is 10.1. The molecule has 0 saturated heterocycles. The van der Waals surface area contributed by atoms with E-state index in [4.69, 9.17) is 0 Å². The van der Waals surface area contributed by atoms with E-state index in [-0.39, 0.29) is 11.3 Å². The lowest BCUT2D eigenvalue weighted by molar-refractivity contribution is 0.102. The van der Waals surface area contributed by atoms with Crippen LogP contribution in [0, 0.1) is 6.92 Å². The number of amides is 1. The molecule has 0 spiro atoms. The van der Waals surface area contributed by atoms with Gasteiger partial charge >= 0.3 is 0 Å². The predicted molar refractivity (Wildman–Crippen MR) is 100 cm³/mol. The molecule has 2 aromatic carbocycles. The summed E-state index contributed by atoms with van der Waals surface area (Å²) in [5, 5.41) is 13.8. The molecule has 0 fully saturated rings. The first-order valence-electron chi connectivity index (χ1n) is 7.92. The first-order valence-corrected chi connectivity index (χ1v) is 8.71. The van der Waals surface area contributed by atoms with Crippen LogP contribution in [0.4, 0.5) is 5.69 Å². The zero-order valence-electron chi connectivity index (χ0n) is 13.5. The molecule has 0 bridgehead atoms. The summed E-state index contributed by atoms with van der Waals surface area (Å²) in [6.07, 6.45) is 0.723. The van der Waals surface area contributed by atoms with Gasteiger partial charge in [0.15, 0.2) is 0 Å². The highest BCUT2D eigenvalue weighted by Gasteiger charge is 2.26. The Morgan fingerprint density at radius 3 is 2.84 bits per heavy atom. The third-order valence-corrected chi connectivity index (χ3v) is 5.20. The van der Waals surface area contributed by atoms with Crippen LogP contribution in [0.15, 0.2) is 45.7 Å². The first-order chi connectivity index (χ1) is 12.0. The van der Waals surface area contributed by atoms with Crippen molar-refractivity contribution in [2.24, 2.45) is 0 Å². The number of aromatic nitrogens is 1. The maximum Gasteiger partial charge on any atom is 0.267 e. The minimum Gasteiger partial charge on any atom is -0.506 e. The van der Waals surface area contributed by atoms with Crippen molar-refractivity contribution in [3.63, 3.8) is 0 Å². The predicted octanol–water partition coefficient (Wildman–Crippen LogP) is 3.59. The van der Waals surface area contributed by atoms with E-state index < -0.39 is 11.5 Å². The van der Waals surface area contributed by atoms with E-state index in [2.05, 4.69) is 21.2 Å². The fraction of sp³-hybridized carbons (Fsp3) is 0.158. The molecule has 0 unspecified atom stereocenters. The van der Waals surface area contributed by atoms with Gasteiger partial charge < -0.3 is 15.0 Å². The van der Waals surface area contributed by atoms with E-state index in [1.54, 1.807) is 16.7 Å². The zero-order chi connectivity index (χ0) is 17.7. The number of hydrogen-bond acceptors (Lipinski definition) is 3. The summed E-state index contributed by atoms with van der Waals surface area (Å²) >= 11 is 3.40. The Labute approximate surface area is 152 Å². The topological polar surface area (TPSA) is 71.3 Å². The van der Waals surface area contributed by atoms with Gasteiger partial charge in [-0.2, -0.15) is 0 Å². The van der Waals surface area contributed by atoms with Crippen molar-refractivity contribution in [1.82, 2.24) is 4.57 Å². The second-order valence-corrected chi connectivity index (χ2v) is 7.04. The number of aryl methyl sites for hydroxylation is 3. The molecule has 5 nitrogen and oxygen atoms in total. The molecule has 25 heavy (non-hydrogen) atoms. The Hall–Kier alpha value is -2.60. The largest absolute Gasteiger partial charge is 0.506 e. The lowest BCUT2D eigenvalue weighted by Gasteiger charge is -2.12. The van der Waals surface area contributed by atoms with E-state index in [0.717, 1.165) is 23.1 Å². The Kier molecular flexibility index (Phi) is 3.65. The summed E-state index contributed by atoms with van der Waals surface area (Å²) in [7, 11) is 0. The van der Waals surface area contributed by atoms with Crippen molar-refractivity contribution in [2.75, 3.05) is 5.32 Å². The van der Waals surface area contributed by atoms with Crippen LogP contribution < -0.4 is 10.9 Å². The van der Waals surface area contributed by atoms with E-state index in [9.17, 15) is 14.7 Å². The normalized spacial score (nSPS) is 12.6. The molecular weight excluding hydrogens is 384 g/mol. The van der Waals surface area contributed by atoms with E-state index in [0.29, 0.717) is 22.1 Å². The maximum absolute atomic E-state index is 12.8. The maximum atomic E-state index is 12.8. The zero-order valence-corrected chi connectivity index (χ0v) is 15.1. The number of carbonyl (C=O) groups is 1. The molecule has 1 amide bonds. The molecule has 3 aromatic rings. The fourth-order valence-electron chi connectivity index (χ4n) is 3.33. The molecule has 126 valence electrons. The van der Waals surface area contributed by atoms with Crippen LogP contribution in [0.25, 0.3) is 10.9 Å². The number of rotatable bonds is 2. The van der Waals surface area contributed by atoms with Gasteiger partial charge in [-0.05, 0) is 58.6 Å². The number of benzene rings is 2. The van der Waals surface area contributed by atoms with Gasteiger partial charge in [0.1, 0.15) is 11.3 Å². The second-order valence-electron chi connectivity index (χ2n) is 6.18. The number of halogens is 1. The number of pyridine rings is 1. The van der Waals surface area contributed by atoms with Crippen LogP contribution in [0.5, 0.6) is 5.75 Å². The van der Waals surface area contributed by atoms with Crippen molar-refractivity contribution in [2.45, 2.75) is 19.9 Å². The fourth-order valence-corrected chi connectivity index (χ4v) is 3.92. The standard InChI is InChI=1S/C19H15BrN2O3/c1-10-5-6-14(13(20)9-10)21-18(24)15-17(23)12-4-2-3-11-7-8-22(16(11)12)19(15)25/h2-6,9,23H,7-8H2,1H3,(H,21,24). The molecule has 1 aliphatic rings. The van der Waals surface area contributed by atoms with Crippen molar-refractivity contribution >= 4 is 38.4 Å². The highest BCUT2D eigenvalue weighted by molar-refractivity contribution is 9.10. The van der Waals surface area contributed by atoms with Crippen LogP contribution in [0.2, 0.25) is 0 Å². The van der Waals surface area contributed by atoms with Crippen molar-refractivity contribution < 1.29 is 9.90 Å². The van der Waals surface area contributed by atoms with E-state index in [1.165, 1.54) is 0 Å². The van der Waals surface area contributed by atoms with Crippen molar-refractivity contribution in [3.8, 4) is 5.75 Å². The average Bonchev–Trinajstić information content (AvgIpc) is 3.01. The SMILES string of the molecule is Cc1ccc(NC(=O)c2c(O)c3cccc4c3n(c2=O)CC4)c(Br)c1. The number of aromatic hydroxyl groups is 1. The smallest absolute Gasteiger partial charge is 0.267 e. The van der Waals surface area contributed by atoms with Gasteiger partial charge in [0.25, 0.3) is 11.5 Å².